The fourth-order valence-corrected chi connectivity index (χ4v) is 1.32. The predicted octanol–water partition coefficient (Wildman–Crippen LogP) is 1.64. The predicted molar refractivity (Wildman–Crippen MR) is 56.4 cm³/mol. The van der Waals surface area contributed by atoms with Gasteiger partial charge >= 0.3 is 5.97 Å². The van der Waals surface area contributed by atoms with E-state index in [1.54, 1.807) is 0 Å². The zero-order valence-electron chi connectivity index (χ0n) is 9.54. The molecule has 4 nitrogen and oxygen atoms in total. The summed E-state index contributed by atoms with van der Waals surface area (Å²) in [5.41, 5.74) is 2.10. The molecule has 4 heteroatoms. The third kappa shape index (κ3) is 3.38. The van der Waals surface area contributed by atoms with Crippen LogP contribution in [0.25, 0.3) is 0 Å². The molecule has 0 amide bonds. The standard InChI is InChI=1S/C11H17N2O2/c1-4-15-11(14)6-5-7-13-8-12-9(2)10(13)3/h4-7H2,1-3H3. The minimum atomic E-state index is -0.132. The van der Waals surface area contributed by atoms with Crippen LogP contribution >= 0.6 is 0 Å². The van der Waals surface area contributed by atoms with E-state index in [4.69, 9.17) is 4.74 Å². The van der Waals surface area contributed by atoms with Gasteiger partial charge in [0, 0.05) is 18.7 Å². The summed E-state index contributed by atoms with van der Waals surface area (Å²) >= 11 is 0. The molecule has 0 fully saturated rings. The van der Waals surface area contributed by atoms with Gasteiger partial charge in [-0.1, -0.05) is 0 Å². The second-order valence-corrected chi connectivity index (χ2v) is 3.44. The number of aryl methyl sites for hydroxylation is 2. The fraction of sp³-hybridized carbons (Fsp3) is 0.636. The molecule has 0 aliphatic heterocycles. The Morgan fingerprint density at radius 1 is 1.53 bits per heavy atom. The molecule has 1 aromatic heterocycles. The number of esters is 1. The van der Waals surface area contributed by atoms with Gasteiger partial charge in [-0.2, -0.15) is 0 Å². The number of ether oxygens (including phenoxy) is 1. The van der Waals surface area contributed by atoms with Gasteiger partial charge in [-0.15, -0.1) is 0 Å². The lowest BCUT2D eigenvalue weighted by Crippen LogP contribution is -2.06. The summed E-state index contributed by atoms with van der Waals surface area (Å²) in [5.74, 6) is -0.132. The lowest BCUT2D eigenvalue weighted by Gasteiger charge is -2.04. The van der Waals surface area contributed by atoms with E-state index in [0.717, 1.165) is 24.4 Å². The first-order valence-corrected chi connectivity index (χ1v) is 5.22. The molecule has 15 heavy (non-hydrogen) atoms. The van der Waals surface area contributed by atoms with Crippen molar-refractivity contribution < 1.29 is 9.53 Å². The van der Waals surface area contributed by atoms with E-state index in [0.29, 0.717) is 13.0 Å². The molecule has 1 radical (unpaired) electrons. The highest BCUT2D eigenvalue weighted by Gasteiger charge is 2.04. The SMILES string of the molecule is CCOC(=O)CCCn1[c]nc(C)c1C. The summed E-state index contributed by atoms with van der Waals surface area (Å²) in [6.07, 6.45) is 4.12. The monoisotopic (exact) mass is 209 g/mol. The Balaban J connectivity index is 2.32. The molecule has 0 saturated carbocycles. The van der Waals surface area contributed by atoms with Crippen LogP contribution in [0.5, 0.6) is 0 Å². The lowest BCUT2D eigenvalue weighted by molar-refractivity contribution is -0.143. The van der Waals surface area contributed by atoms with Gasteiger partial charge in [0.15, 0.2) is 6.33 Å². The molecule has 0 aromatic carbocycles. The van der Waals surface area contributed by atoms with Crippen LogP contribution in [0.4, 0.5) is 0 Å². The molecule has 0 unspecified atom stereocenters. The van der Waals surface area contributed by atoms with Gasteiger partial charge in [0.05, 0.1) is 12.3 Å². The van der Waals surface area contributed by atoms with E-state index in [1.165, 1.54) is 0 Å². The van der Waals surface area contributed by atoms with E-state index in [2.05, 4.69) is 11.3 Å². The molecule has 0 spiro atoms. The highest BCUT2D eigenvalue weighted by molar-refractivity contribution is 5.69. The van der Waals surface area contributed by atoms with Crippen molar-refractivity contribution in [2.45, 2.75) is 40.2 Å². The summed E-state index contributed by atoms with van der Waals surface area (Å²) in [6, 6.07) is 0. The second-order valence-electron chi connectivity index (χ2n) is 3.44. The smallest absolute Gasteiger partial charge is 0.305 e. The summed E-state index contributed by atoms with van der Waals surface area (Å²) in [4.78, 5) is 15.1. The summed E-state index contributed by atoms with van der Waals surface area (Å²) < 4.78 is 6.78. The zero-order valence-corrected chi connectivity index (χ0v) is 9.54. The average molecular weight is 209 g/mol. The van der Waals surface area contributed by atoms with E-state index in [1.807, 2.05) is 25.3 Å². The van der Waals surface area contributed by atoms with E-state index in [9.17, 15) is 4.79 Å². The highest BCUT2D eigenvalue weighted by Crippen LogP contribution is 2.05. The van der Waals surface area contributed by atoms with Gasteiger partial charge in [0.1, 0.15) is 0 Å². The van der Waals surface area contributed by atoms with Gasteiger partial charge in [-0.25, -0.2) is 4.98 Å². The van der Waals surface area contributed by atoms with Crippen LogP contribution in [0.2, 0.25) is 0 Å². The van der Waals surface area contributed by atoms with E-state index >= 15 is 0 Å². The minimum Gasteiger partial charge on any atom is -0.466 e. The first kappa shape index (κ1) is 11.8. The minimum absolute atomic E-state index is 0.132. The molecule has 0 aliphatic carbocycles. The Hall–Kier alpha value is -1.32. The molecule has 83 valence electrons. The molecule has 1 rings (SSSR count). The Bertz CT molecular complexity index is 331. The highest BCUT2D eigenvalue weighted by atomic mass is 16.5. The third-order valence-corrected chi connectivity index (χ3v) is 2.33. The van der Waals surface area contributed by atoms with Crippen molar-refractivity contribution in [1.29, 1.82) is 0 Å². The number of carbonyl (C=O) groups is 1. The van der Waals surface area contributed by atoms with Crippen molar-refractivity contribution in [1.82, 2.24) is 9.55 Å². The van der Waals surface area contributed by atoms with Gasteiger partial charge < -0.3 is 9.30 Å². The van der Waals surface area contributed by atoms with Gasteiger partial charge in [0.25, 0.3) is 0 Å². The number of aromatic nitrogens is 2. The first-order chi connectivity index (χ1) is 7.15. The van der Waals surface area contributed by atoms with Crippen molar-refractivity contribution in [2.75, 3.05) is 6.61 Å². The normalized spacial score (nSPS) is 10.3. The Morgan fingerprint density at radius 3 is 2.80 bits per heavy atom. The Morgan fingerprint density at radius 2 is 2.27 bits per heavy atom. The Labute approximate surface area is 90.3 Å². The van der Waals surface area contributed by atoms with Crippen LogP contribution in [0.15, 0.2) is 0 Å². The van der Waals surface area contributed by atoms with Crippen LogP contribution < -0.4 is 0 Å². The summed E-state index contributed by atoms with van der Waals surface area (Å²) in [6.45, 7) is 6.99. The second kappa shape index (κ2) is 5.53. The van der Waals surface area contributed by atoms with Gasteiger partial charge in [0.2, 0.25) is 0 Å². The van der Waals surface area contributed by atoms with Crippen LogP contribution in [0, 0.1) is 20.2 Å². The van der Waals surface area contributed by atoms with Crippen LogP contribution in [-0.2, 0) is 16.1 Å². The number of carbonyl (C=O) groups excluding carboxylic acids is 1. The molecule has 0 bridgehead atoms. The average Bonchev–Trinajstić information content (AvgIpc) is 2.50. The Kier molecular flexibility index (Phi) is 4.34. The summed E-state index contributed by atoms with van der Waals surface area (Å²) in [7, 11) is 0. The topological polar surface area (TPSA) is 44.1 Å². The number of nitrogens with zero attached hydrogens (tertiary/aromatic N) is 2. The number of imidazole rings is 1. The molecule has 1 aromatic rings. The molecular weight excluding hydrogens is 192 g/mol. The maximum Gasteiger partial charge on any atom is 0.305 e. The van der Waals surface area contributed by atoms with Crippen molar-refractivity contribution in [2.24, 2.45) is 0 Å². The molecular formula is C11H17N2O2. The number of hydrogen-bond donors (Lipinski definition) is 0. The summed E-state index contributed by atoms with van der Waals surface area (Å²) in [5, 5.41) is 0. The molecule has 0 saturated heterocycles. The van der Waals surface area contributed by atoms with Crippen LogP contribution in [0.3, 0.4) is 0 Å². The van der Waals surface area contributed by atoms with Crippen molar-refractivity contribution >= 4 is 5.97 Å². The number of rotatable bonds is 5. The maximum atomic E-state index is 11.1. The largest absolute Gasteiger partial charge is 0.466 e. The van der Waals surface area contributed by atoms with E-state index < -0.39 is 0 Å². The van der Waals surface area contributed by atoms with Crippen LogP contribution in [-0.4, -0.2) is 22.1 Å². The molecule has 0 atom stereocenters. The fourth-order valence-electron chi connectivity index (χ4n) is 1.32. The van der Waals surface area contributed by atoms with Gasteiger partial charge in [-0.3, -0.25) is 4.79 Å². The zero-order chi connectivity index (χ0) is 11.3. The van der Waals surface area contributed by atoms with E-state index in [-0.39, 0.29) is 5.97 Å². The van der Waals surface area contributed by atoms with Crippen molar-refractivity contribution in [3.8, 4) is 0 Å². The third-order valence-electron chi connectivity index (χ3n) is 2.33. The molecule has 0 aliphatic rings. The first-order valence-electron chi connectivity index (χ1n) is 5.22. The maximum absolute atomic E-state index is 11.1. The van der Waals surface area contributed by atoms with Crippen molar-refractivity contribution in [3.63, 3.8) is 0 Å². The van der Waals surface area contributed by atoms with Gasteiger partial charge in [-0.05, 0) is 27.2 Å². The number of hydrogen-bond acceptors (Lipinski definition) is 3. The molecule has 1 heterocycles. The molecule has 0 N–H and O–H groups in total. The lowest BCUT2D eigenvalue weighted by atomic mass is 10.3. The van der Waals surface area contributed by atoms with Crippen molar-refractivity contribution in [3.05, 3.63) is 17.7 Å². The quantitative estimate of drug-likeness (QED) is 0.692. The van der Waals surface area contributed by atoms with Crippen LogP contribution in [0.1, 0.15) is 31.2 Å².